The molecule has 154 valence electrons. The van der Waals surface area contributed by atoms with Crippen molar-refractivity contribution in [2.45, 2.75) is 13.0 Å². The molecule has 0 saturated carbocycles. The summed E-state index contributed by atoms with van der Waals surface area (Å²) in [7, 11) is 0. The number of rotatable bonds is 5. The lowest BCUT2D eigenvalue weighted by Crippen LogP contribution is -2.33. The Kier molecular flexibility index (Phi) is 5.05. The van der Waals surface area contributed by atoms with Crippen molar-refractivity contribution in [2.24, 2.45) is 5.16 Å². The number of hydrogen-bond donors (Lipinski definition) is 2. The molecule has 4 rings (SSSR count). The van der Waals surface area contributed by atoms with E-state index >= 15 is 0 Å². The van der Waals surface area contributed by atoms with Gasteiger partial charge in [0.2, 0.25) is 5.91 Å². The predicted octanol–water partition coefficient (Wildman–Crippen LogP) is 2.41. The van der Waals surface area contributed by atoms with Gasteiger partial charge in [-0.05, 0) is 30.3 Å². The van der Waals surface area contributed by atoms with Gasteiger partial charge in [-0.3, -0.25) is 9.69 Å². The highest BCUT2D eigenvalue weighted by Gasteiger charge is 2.32. The number of halogens is 1. The van der Waals surface area contributed by atoms with Gasteiger partial charge in [-0.25, -0.2) is 14.2 Å². The first-order valence-electron chi connectivity index (χ1n) is 9.13. The maximum atomic E-state index is 14.9. The highest BCUT2D eigenvalue weighted by molar-refractivity contribution is 5.90. The zero-order valence-electron chi connectivity index (χ0n) is 15.9. The van der Waals surface area contributed by atoms with Gasteiger partial charge in [-0.15, -0.1) is 0 Å². The Hall–Kier alpha value is -3.95. The van der Waals surface area contributed by atoms with Crippen molar-refractivity contribution in [1.82, 2.24) is 14.7 Å². The van der Waals surface area contributed by atoms with Crippen molar-refractivity contribution < 1.29 is 23.9 Å². The first-order chi connectivity index (χ1) is 14.4. The summed E-state index contributed by atoms with van der Waals surface area (Å²) in [6.45, 7) is 1.80. The molecule has 0 unspecified atom stereocenters. The molecule has 1 aromatic carbocycles. The number of cyclic esters (lactones) is 1. The third kappa shape index (κ3) is 3.79. The van der Waals surface area contributed by atoms with E-state index in [9.17, 15) is 14.0 Å². The molecule has 1 aliphatic rings. The number of nitrogens with one attached hydrogen (secondary N) is 1. The van der Waals surface area contributed by atoms with Gasteiger partial charge >= 0.3 is 6.09 Å². The topological polar surface area (TPSA) is 109 Å². The lowest BCUT2D eigenvalue weighted by atomic mass is 10.1. The first kappa shape index (κ1) is 19.4. The molecule has 0 bridgehead atoms. The number of aromatic nitrogens is 2. The van der Waals surface area contributed by atoms with Gasteiger partial charge in [-0.2, -0.15) is 0 Å². The van der Waals surface area contributed by atoms with Crippen LogP contribution in [0.2, 0.25) is 0 Å². The summed E-state index contributed by atoms with van der Waals surface area (Å²) in [4.78, 5) is 28.7. The van der Waals surface area contributed by atoms with E-state index in [1.54, 1.807) is 41.1 Å². The summed E-state index contributed by atoms with van der Waals surface area (Å²) in [5.41, 5.74) is 2.43. The molecule has 3 heterocycles. The number of nitrogens with zero attached hydrogens (tertiary/aromatic N) is 4. The second-order valence-electron chi connectivity index (χ2n) is 6.81. The molecule has 0 spiro atoms. The van der Waals surface area contributed by atoms with Crippen LogP contribution in [0, 0.1) is 5.82 Å². The van der Waals surface area contributed by atoms with Crippen LogP contribution in [0.25, 0.3) is 16.8 Å². The molecular formula is C20H18FN5O4. The van der Waals surface area contributed by atoms with Gasteiger partial charge < -0.3 is 19.7 Å². The van der Waals surface area contributed by atoms with Gasteiger partial charge in [0.25, 0.3) is 0 Å². The number of amides is 2. The molecule has 1 aliphatic heterocycles. The summed E-state index contributed by atoms with van der Waals surface area (Å²) in [6.07, 6.45) is 3.49. The Labute approximate surface area is 170 Å². The van der Waals surface area contributed by atoms with Gasteiger partial charge in [-0.1, -0.05) is 5.16 Å². The third-order valence-corrected chi connectivity index (χ3v) is 4.69. The number of oxime groups is 1. The third-order valence-electron chi connectivity index (χ3n) is 4.69. The first-order valence-corrected chi connectivity index (χ1v) is 9.13. The largest absolute Gasteiger partial charge is 0.442 e. The van der Waals surface area contributed by atoms with E-state index in [1.807, 2.05) is 0 Å². The van der Waals surface area contributed by atoms with Crippen LogP contribution in [0.15, 0.2) is 47.9 Å². The van der Waals surface area contributed by atoms with E-state index in [2.05, 4.69) is 15.5 Å². The molecule has 2 amide bonds. The molecule has 3 aromatic rings. The Balaban J connectivity index is 1.57. The van der Waals surface area contributed by atoms with E-state index < -0.39 is 18.0 Å². The summed E-state index contributed by atoms with van der Waals surface area (Å²) in [6, 6.07) is 7.96. The van der Waals surface area contributed by atoms with E-state index in [-0.39, 0.29) is 19.0 Å². The fourth-order valence-corrected chi connectivity index (χ4v) is 3.29. The highest BCUT2D eigenvalue weighted by Crippen LogP contribution is 2.29. The molecule has 1 atom stereocenters. The zero-order valence-corrected chi connectivity index (χ0v) is 15.9. The van der Waals surface area contributed by atoms with Gasteiger partial charge in [0.05, 0.1) is 25.0 Å². The molecule has 1 saturated heterocycles. The van der Waals surface area contributed by atoms with Crippen LogP contribution in [-0.4, -0.2) is 52.0 Å². The second kappa shape index (κ2) is 7.82. The monoisotopic (exact) mass is 411 g/mol. The SMILES string of the molecule is CC(=O)NC[C@H]1CN(c2ccc(-c3ccc4nc(/C=N/O)cn4c3)c(F)c2)C(=O)O1. The number of pyridine rings is 1. The Bertz CT molecular complexity index is 1160. The Morgan fingerprint density at radius 1 is 1.40 bits per heavy atom. The Morgan fingerprint density at radius 3 is 2.97 bits per heavy atom. The van der Waals surface area contributed by atoms with Crippen LogP contribution in [0.5, 0.6) is 0 Å². The van der Waals surface area contributed by atoms with Crippen molar-refractivity contribution in [3.05, 3.63) is 54.2 Å². The van der Waals surface area contributed by atoms with Crippen LogP contribution >= 0.6 is 0 Å². The number of imidazole rings is 1. The molecule has 2 N–H and O–H groups in total. The minimum atomic E-state index is -0.588. The maximum absolute atomic E-state index is 14.9. The molecule has 1 fully saturated rings. The molecule has 0 aliphatic carbocycles. The number of benzene rings is 1. The van der Waals surface area contributed by atoms with E-state index in [4.69, 9.17) is 9.94 Å². The summed E-state index contributed by atoms with van der Waals surface area (Å²) >= 11 is 0. The molecule has 9 nitrogen and oxygen atoms in total. The average Bonchev–Trinajstić information content (AvgIpc) is 3.28. The smallest absolute Gasteiger partial charge is 0.414 e. The fraction of sp³-hybridized carbons (Fsp3) is 0.200. The summed E-state index contributed by atoms with van der Waals surface area (Å²) < 4.78 is 21.8. The quantitative estimate of drug-likeness (QED) is 0.381. The van der Waals surface area contributed by atoms with Gasteiger partial charge in [0, 0.05) is 30.4 Å². The normalized spacial score (nSPS) is 16.4. The van der Waals surface area contributed by atoms with Gasteiger partial charge in [0.15, 0.2) is 0 Å². The van der Waals surface area contributed by atoms with E-state index in [0.717, 1.165) is 0 Å². The number of carbonyl (C=O) groups is 2. The number of ether oxygens (including phenoxy) is 1. The summed E-state index contributed by atoms with van der Waals surface area (Å²) in [5.74, 6) is -0.715. The maximum Gasteiger partial charge on any atom is 0.414 e. The minimum absolute atomic E-state index is 0.200. The lowest BCUT2D eigenvalue weighted by Gasteiger charge is -2.14. The van der Waals surface area contributed by atoms with Crippen molar-refractivity contribution in [3.8, 4) is 11.1 Å². The van der Waals surface area contributed by atoms with E-state index in [1.165, 1.54) is 24.1 Å². The van der Waals surface area contributed by atoms with Crippen LogP contribution in [-0.2, 0) is 9.53 Å². The number of hydrogen-bond acceptors (Lipinski definition) is 6. The number of fused-ring (bicyclic) bond motifs is 1. The van der Waals surface area contributed by atoms with Crippen molar-refractivity contribution in [2.75, 3.05) is 18.0 Å². The molecular weight excluding hydrogens is 393 g/mol. The van der Waals surface area contributed by atoms with Crippen molar-refractivity contribution in [1.29, 1.82) is 0 Å². The molecule has 30 heavy (non-hydrogen) atoms. The average molecular weight is 411 g/mol. The molecule has 2 aromatic heterocycles. The molecule has 10 heteroatoms. The summed E-state index contributed by atoms with van der Waals surface area (Å²) in [5, 5.41) is 14.2. The van der Waals surface area contributed by atoms with Crippen LogP contribution in [0.4, 0.5) is 14.9 Å². The van der Waals surface area contributed by atoms with Crippen LogP contribution in [0.1, 0.15) is 12.6 Å². The number of anilines is 1. The van der Waals surface area contributed by atoms with Crippen LogP contribution in [0.3, 0.4) is 0 Å². The van der Waals surface area contributed by atoms with Crippen molar-refractivity contribution in [3.63, 3.8) is 0 Å². The fourth-order valence-electron chi connectivity index (χ4n) is 3.29. The van der Waals surface area contributed by atoms with Crippen LogP contribution < -0.4 is 10.2 Å². The standard InChI is InChI=1S/C20H18FN5O4/c1-12(27)22-8-16-11-26(20(28)30-16)15-3-4-17(18(21)6-15)13-2-5-19-24-14(7-23-29)10-25(19)9-13/h2-7,9-10,16,29H,8,11H2,1H3,(H,22,27)/b23-7+/t16-/m0/s1. The van der Waals surface area contributed by atoms with Gasteiger partial charge in [0.1, 0.15) is 23.3 Å². The predicted molar refractivity (Wildman–Crippen MR) is 106 cm³/mol. The number of carbonyl (C=O) groups excluding carboxylic acids is 2. The zero-order chi connectivity index (χ0) is 21.3. The second-order valence-corrected chi connectivity index (χ2v) is 6.81. The lowest BCUT2D eigenvalue weighted by molar-refractivity contribution is -0.119. The van der Waals surface area contributed by atoms with Crippen molar-refractivity contribution >= 4 is 29.5 Å². The molecule has 0 radical (unpaired) electrons. The Morgan fingerprint density at radius 2 is 2.23 bits per heavy atom. The minimum Gasteiger partial charge on any atom is -0.442 e. The van der Waals surface area contributed by atoms with E-state index in [0.29, 0.717) is 28.2 Å². The highest BCUT2D eigenvalue weighted by atomic mass is 19.1.